The molecule has 0 aromatic heterocycles. The lowest BCUT2D eigenvalue weighted by atomic mass is 9.83. The van der Waals surface area contributed by atoms with Crippen LogP contribution in [0.15, 0.2) is 48.5 Å². The van der Waals surface area contributed by atoms with Gasteiger partial charge in [0.05, 0.1) is 18.1 Å². The van der Waals surface area contributed by atoms with Crippen LogP contribution in [-0.2, 0) is 37.5 Å². The highest BCUT2D eigenvalue weighted by atomic mass is 16.5. The molecular formula is C28H36O6. The van der Waals surface area contributed by atoms with Crippen LogP contribution >= 0.6 is 0 Å². The van der Waals surface area contributed by atoms with Crippen molar-refractivity contribution in [3.8, 4) is 0 Å². The summed E-state index contributed by atoms with van der Waals surface area (Å²) in [4.78, 5) is 36.7. The standard InChI is InChI=1S/C28H36O6/c1-5-6-14-33-26(31)22(12-13-25(29)30)15-21-16-23(18-24(17-21)28(2,3)4)27(32)34-19-20-10-8-7-9-11-20/h7-11,16-18,22H,5-6,12-15,19H2,1-4H3,(H,29,30). The number of carboxylic acid groups (broad SMARTS) is 1. The van der Waals surface area contributed by atoms with Gasteiger partial charge in [0.15, 0.2) is 0 Å². The van der Waals surface area contributed by atoms with E-state index in [1.807, 2.05) is 70.2 Å². The van der Waals surface area contributed by atoms with Gasteiger partial charge >= 0.3 is 17.9 Å². The Labute approximate surface area is 202 Å². The molecule has 6 nitrogen and oxygen atoms in total. The summed E-state index contributed by atoms with van der Waals surface area (Å²) in [6, 6.07) is 15.0. The monoisotopic (exact) mass is 468 g/mol. The van der Waals surface area contributed by atoms with Gasteiger partial charge < -0.3 is 14.6 Å². The Morgan fingerprint density at radius 3 is 2.29 bits per heavy atom. The highest BCUT2D eigenvalue weighted by Crippen LogP contribution is 2.27. The molecule has 0 heterocycles. The molecule has 1 unspecified atom stereocenters. The molecule has 1 N–H and O–H groups in total. The van der Waals surface area contributed by atoms with E-state index >= 15 is 0 Å². The van der Waals surface area contributed by atoms with Crippen LogP contribution in [0.2, 0.25) is 0 Å². The van der Waals surface area contributed by atoms with Crippen LogP contribution in [0, 0.1) is 5.92 Å². The van der Waals surface area contributed by atoms with Gasteiger partial charge in [0.2, 0.25) is 0 Å². The van der Waals surface area contributed by atoms with E-state index in [4.69, 9.17) is 14.6 Å². The van der Waals surface area contributed by atoms with Crippen LogP contribution in [0.4, 0.5) is 0 Å². The number of benzene rings is 2. The molecule has 184 valence electrons. The molecule has 2 aromatic carbocycles. The molecule has 0 fully saturated rings. The largest absolute Gasteiger partial charge is 0.481 e. The molecule has 0 spiro atoms. The van der Waals surface area contributed by atoms with Crippen molar-refractivity contribution in [3.05, 3.63) is 70.8 Å². The molecule has 2 rings (SSSR count). The fourth-order valence-electron chi connectivity index (χ4n) is 3.49. The number of hydrogen-bond donors (Lipinski definition) is 1. The molecule has 0 saturated carbocycles. The smallest absolute Gasteiger partial charge is 0.338 e. The van der Waals surface area contributed by atoms with Crippen molar-refractivity contribution in [1.29, 1.82) is 0 Å². The molecule has 6 heteroatoms. The minimum atomic E-state index is -0.958. The molecule has 0 amide bonds. The van der Waals surface area contributed by atoms with Crippen LogP contribution in [0.25, 0.3) is 0 Å². The van der Waals surface area contributed by atoms with E-state index in [1.165, 1.54) is 0 Å². The van der Waals surface area contributed by atoms with E-state index in [1.54, 1.807) is 6.07 Å². The van der Waals surface area contributed by atoms with Crippen molar-refractivity contribution in [2.75, 3.05) is 6.61 Å². The molecule has 0 bridgehead atoms. The van der Waals surface area contributed by atoms with Crippen molar-refractivity contribution in [1.82, 2.24) is 0 Å². The number of carbonyl (C=O) groups excluding carboxylic acids is 2. The van der Waals surface area contributed by atoms with Gasteiger partial charge in [-0.1, -0.05) is 70.5 Å². The van der Waals surface area contributed by atoms with E-state index in [-0.39, 0.29) is 24.9 Å². The number of ether oxygens (including phenoxy) is 2. The van der Waals surface area contributed by atoms with Gasteiger partial charge in [-0.2, -0.15) is 0 Å². The lowest BCUT2D eigenvalue weighted by Crippen LogP contribution is -2.22. The lowest BCUT2D eigenvalue weighted by Gasteiger charge is -2.22. The quantitative estimate of drug-likeness (QED) is 0.317. The Bertz CT molecular complexity index is 959. The summed E-state index contributed by atoms with van der Waals surface area (Å²) in [5, 5.41) is 9.13. The lowest BCUT2D eigenvalue weighted by molar-refractivity contribution is -0.149. The van der Waals surface area contributed by atoms with Gasteiger partial charge in [-0.25, -0.2) is 4.79 Å². The maximum atomic E-state index is 12.9. The van der Waals surface area contributed by atoms with Gasteiger partial charge in [0.25, 0.3) is 0 Å². The van der Waals surface area contributed by atoms with Gasteiger partial charge in [0, 0.05) is 6.42 Å². The van der Waals surface area contributed by atoms with E-state index in [2.05, 4.69) is 0 Å². The molecule has 0 aliphatic carbocycles. The first kappa shape index (κ1) is 27.1. The predicted molar refractivity (Wildman–Crippen MR) is 131 cm³/mol. The van der Waals surface area contributed by atoms with Crippen LogP contribution < -0.4 is 0 Å². The first-order valence-corrected chi connectivity index (χ1v) is 11.8. The molecule has 1 atom stereocenters. The second-order valence-corrected chi connectivity index (χ2v) is 9.58. The molecule has 0 aliphatic rings. The number of esters is 2. The normalized spacial score (nSPS) is 12.1. The predicted octanol–water partition coefficient (Wildman–Crippen LogP) is 5.71. The van der Waals surface area contributed by atoms with Crippen LogP contribution in [0.5, 0.6) is 0 Å². The fourth-order valence-corrected chi connectivity index (χ4v) is 3.49. The second kappa shape index (κ2) is 12.9. The van der Waals surface area contributed by atoms with Gasteiger partial charge in [0.1, 0.15) is 6.61 Å². The Morgan fingerprint density at radius 2 is 1.68 bits per heavy atom. The average Bonchev–Trinajstić information content (AvgIpc) is 2.80. The van der Waals surface area contributed by atoms with E-state index in [0.29, 0.717) is 18.6 Å². The zero-order valence-electron chi connectivity index (χ0n) is 20.6. The van der Waals surface area contributed by atoms with Gasteiger partial charge in [-0.15, -0.1) is 0 Å². The van der Waals surface area contributed by atoms with Crippen LogP contribution in [0.3, 0.4) is 0 Å². The molecule has 2 aromatic rings. The summed E-state index contributed by atoms with van der Waals surface area (Å²) < 4.78 is 10.9. The Morgan fingerprint density at radius 1 is 0.971 bits per heavy atom. The summed E-state index contributed by atoms with van der Waals surface area (Å²) in [7, 11) is 0. The Kier molecular flexibility index (Phi) is 10.3. The SMILES string of the molecule is CCCCOC(=O)C(CCC(=O)O)Cc1cc(C(=O)OCc2ccccc2)cc(C(C)(C)C)c1. The first-order valence-electron chi connectivity index (χ1n) is 11.8. The third-order valence-electron chi connectivity index (χ3n) is 5.57. The summed E-state index contributed by atoms with van der Waals surface area (Å²) in [6.45, 7) is 8.63. The maximum Gasteiger partial charge on any atom is 0.338 e. The van der Waals surface area contributed by atoms with Crippen molar-refractivity contribution in [2.45, 2.75) is 71.8 Å². The molecule has 0 radical (unpaired) electrons. The number of carbonyl (C=O) groups is 3. The molecule has 34 heavy (non-hydrogen) atoms. The maximum absolute atomic E-state index is 12.9. The minimum absolute atomic E-state index is 0.127. The Hall–Kier alpha value is -3.15. The fraction of sp³-hybridized carbons (Fsp3) is 0.464. The van der Waals surface area contributed by atoms with Crippen LogP contribution in [-0.4, -0.2) is 29.6 Å². The van der Waals surface area contributed by atoms with Gasteiger partial charge in [-0.05, 0) is 53.5 Å². The summed E-state index contributed by atoms with van der Waals surface area (Å²) in [5.74, 6) is -2.40. The van der Waals surface area contributed by atoms with E-state index < -0.39 is 23.8 Å². The zero-order chi connectivity index (χ0) is 25.1. The summed E-state index contributed by atoms with van der Waals surface area (Å²) >= 11 is 0. The number of unbranched alkanes of at least 4 members (excludes halogenated alkanes) is 1. The molecule has 0 saturated heterocycles. The van der Waals surface area contributed by atoms with Gasteiger partial charge in [-0.3, -0.25) is 9.59 Å². The Balaban J connectivity index is 2.26. The van der Waals surface area contributed by atoms with Crippen molar-refractivity contribution in [3.63, 3.8) is 0 Å². The molecule has 0 aliphatic heterocycles. The number of rotatable bonds is 12. The van der Waals surface area contributed by atoms with Crippen LogP contribution in [0.1, 0.15) is 80.4 Å². The van der Waals surface area contributed by atoms with E-state index in [0.717, 1.165) is 29.5 Å². The first-order chi connectivity index (χ1) is 16.1. The number of aliphatic carboxylic acids is 1. The minimum Gasteiger partial charge on any atom is -0.481 e. The van der Waals surface area contributed by atoms with Crippen molar-refractivity contribution in [2.24, 2.45) is 5.92 Å². The average molecular weight is 469 g/mol. The highest BCUT2D eigenvalue weighted by molar-refractivity contribution is 5.90. The second-order valence-electron chi connectivity index (χ2n) is 9.58. The number of hydrogen-bond acceptors (Lipinski definition) is 5. The van der Waals surface area contributed by atoms with E-state index in [9.17, 15) is 14.4 Å². The zero-order valence-corrected chi connectivity index (χ0v) is 20.6. The highest BCUT2D eigenvalue weighted by Gasteiger charge is 2.24. The third-order valence-corrected chi connectivity index (χ3v) is 5.57. The van der Waals surface area contributed by atoms with Crippen molar-refractivity contribution < 1.29 is 29.0 Å². The topological polar surface area (TPSA) is 89.9 Å². The number of carboxylic acids is 1. The third kappa shape index (κ3) is 9.00. The molecular weight excluding hydrogens is 432 g/mol. The van der Waals surface area contributed by atoms with Crippen molar-refractivity contribution >= 4 is 17.9 Å². The summed E-state index contributed by atoms with van der Waals surface area (Å²) in [5.41, 5.74) is 2.79. The summed E-state index contributed by atoms with van der Waals surface area (Å²) in [6.07, 6.45) is 2.00.